The van der Waals surface area contributed by atoms with Crippen molar-refractivity contribution in [3.05, 3.63) is 18.5 Å². The number of anilines is 1. The van der Waals surface area contributed by atoms with Crippen molar-refractivity contribution in [3.63, 3.8) is 0 Å². The molecule has 21 heavy (non-hydrogen) atoms. The van der Waals surface area contributed by atoms with E-state index in [2.05, 4.69) is 32.9 Å². The van der Waals surface area contributed by atoms with E-state index in [1.165, 1.54) is 19.3 Å². The van der Waals surface area contributed by atoms with E-state index in [0.717, 1.165) is 19.0 Å². The van der Waals surface area contributed by atoms with Crippen LogP contribution in [-0.2, 0) is 6.54 Å². The molecule has 0 unspecified atom stereocenters. The van der Waals surface area contributed by atoms with Gasteiger partial charge in [-0.15, -0.1) is 5.10 Å². The number of allylic oxidation sites excluding steroid dienone is 2. The molecule has 2 N–H and O–H groups in total. The fourth-order valence-corrected chi connectivity index (χ4v) is 4.23. The molecule has 2 saturated carbocycles. The molecular weight excluding hydrogens is 266 g/mol. The second kappa shape index (κ2) is 4.58. The quantitative estimate of drug-likeness (QED) is 0.832. The second-order valence-corrected chi connectivity index (χ2v) is 6.51. The maximum absolute atomic E-state index is 11.9. The summed E-state index contributed by atoms with van der Waals surface area (Å²) in [5.41, 5.74) is 0.588. The van der Waals surface area contributed by atoms with Gasteiger partial charge in [-0.05, 0) is 49.4 Å². The van der Waals surface area contributed by atoms with Gasteiger partial charge in [0.15, 0.2) is 0 Å². The fraction of sp³-hybridized carbons (Fsp3) is 0.667. The Kier molecular flexibility index (Phi) is 2.80. The van der Waals surface area contributed by atoms with Crippen molar-refractivity contribution in [1.82, 2.24) is 20.1 Å². The molecule has 4 rings (SSSR count). The average molecular weight is 287 g/mol. The molecule has 2 fully saturated rings. The third-order valence-electron chi connectivity index (χ3n) is 5.46. The Morgan fingerprint density at radius 2 is 2.33 bits per heavy atom. The third-order valence-corrected chi connectivity index (χ3v) is 5.46. The Labute approximate surface area is 124 Å². The van der Waals surface area contributed by atoms with E-state index in [0.29, 0.717) is 23.2 Å². The topological polar surface area (TPSA) is 71.8 Å². The number of nitrogens with one attached hydrogen (secondary N) is 2. The van der Waals surface area contributed by atoms with Gasteiger partial charge in [-0.2, -0.15) is 0 Å². The number of aromatic nitrogens is 3. The Hall–Kier alpha value is -1.85. The van der Waals surface area contributed by atoms with E-state index >= 15 is 0 Å². The number of aryl methyl sites for hydroxylation is 1. The molecule has 0 radical (unpaired) electrons. The molecule has 2 bridgehead atoms. The summed E-state index contributed by atoms with van der Waals surface area (Å²) in [6.45, 7) is 3.47. The van der Waals surface area contributed by atoms with Gasteiger partial charge in [-0.3, -0.25) is 10.00 Å². The second-order valence-electron chi connectivity index (χ2n) is 6.51. The van der Waals surface area contributed by atoms with Crippen LogP contribution in [0.15, 0.2) is 18.5 Å². The number of amides is 2. The molecule has 1 aromatic heterocycles. The lowest BCUT2D eigenvalue weighted by molar-refractivity contribution is 0.248. The lowest BCUT2D eigenvalue weighted by atomic mass is 9.89. The predicted octanol–water partition coefficient (Wildman–Crippen LogP) is 2.02. The van der Waals surface area contributed by atoms with Crippen molar-refractivity contribution >= 4 is 12.0 Å². The van der Waals surface area contributed by atoms with Crippen LogP contribution < -0.4 is 10.6 Å². The van der Waals surface area contributed by atoms with Crippen LogP contribution in [0.2, 0.25) is 0 Å². The van der Waals surface area contributed by atoms with Gasteiger partial charge in [0.05, 0.1) is 0 Å². The van der Waals surface area contributed by atoms with Crippen LogP contribution in [-0.4, -0.2) is 27.3 Å². The average Bonchev–Trinajstić information content (AvgIpc) is 2.93. The Balaban J connectivity index is 1.29. The molecule has 1 spiro atoms. The first-order chi connectivity index (χ1) is 10.2. The Morgan fingerprint density at radius 1 is 1.48 bits per heavy atom. The highest BCUT2D eigenvalue weighted by Crippen LogP contribution is 2.69. The van der Waals surface area contributed by atoms with Gasteiger partial charge in [0.25, 0.3) is 0 Å². The molecule has 6 heteroatoms. The monoisotopic (exact) mass is 287 g/mol. The molecule has 0 aliphatic heterocycles. The van der Waals surface area contributed by atoms with E-state index in [9.17, 15) is 4.79 Å². The van der Waals surface area contributed by atoms with Crippen LogP contribution in [0.3, 0.4) is 0 Å². The number of hydrogen-bond donors (Lipinski definition) is 2. The number of hydrogen-bond acceptors (Lipinski definition) is 3. The minimum Gasteiger partial charge on any atom is -0.337 e. The minimum absolute atomic E-state index is 0.208. The molecule has 3 atom stereocenters. The summed E-state index contributed by atoms with van der Waals surface area (Å²) in [7, 11) is 0. The summed E-state index contributed by atoms with van der Waals surface area (Å²) in [6, 6.07) is -0.208. The number of urea groups is 1. The van der Waals surface area contributed by atoms with Crippen LogP contribution in [0.25, 0.3) is 0 Å². The first-order valence-electron chi connectivity index (χ1n) is 7.84. The first-order valence-corrected chi connectivity index (χ1v) is 7.84. The highest BCUT2D eigenvalue weighted by atomic mass is 16.2. The maximum atomic E-state index is 11.9. The van der Waals surface area contributed by atoms with Gasteiger partial charge in [-0.25, -0.2) is 9.78 Å². The number of nitrogens with zero attached hydrogens (tertiary/aromatic N) is 3. The molecule has 1 aromatic rings. The number of rotatable bonds is 4. The maximum Gasteiger partial charge on any atom is 0.321 e. The highest BCUT2D eigenvalue weighted by molar-refractivity contribution is 5.87. The lowest BCUT2D eigenvalue weighted by Crippen LogP contribution is -2.35. The predicted molar refractivity (Wildman–Crippen MR) is 78.6 cm³/mol. The summed E-state index contributed by atoms with van der Waals surface area (Å²) in [4.78, 5) is 16.0. The van der Waals surface area contributed by atoms with E-state index in [4.69, 9.17) is 0 Å². The van der Waals surface area contributed by atoms with Gasteiger partial charge in [0, 0.05) is 13.1 Å². The first kappa shape index (κ1) is 12.9. The zero-order valence-corrected chi connectivity index (χ0v) is 12.2. The van der Waals surface area contributed by atoms with Gasteiger partial charge in [-0.1, -0.05) is 12.2 Å². The zero-order valence-electron chi connectivity index (χ0n) is 12.2. The van der Waals surface area contributed by atoms with Gasteiger partial charge >= 0.3 is 6.03 Å². The van der Waals surface area contributed by atoms with Crippen LogP contribution in [0, 0.1) is 23.2 Å². The van der Waals surface area contributed by atoms with Gasteiger partial charge in [0.2, 0.25) is 5.95 Å². The molecule has 6 nitrogen and oxygen atoms in total. The van der Waals surface area contributed by atoms with Gasteiger partial charge < -0.3 is 5.32 Å². The van der Waals surface area contributed by atoms with Crippen molar-refractivity contribution in [2.75, 3.05) is 11.9 Å². The molecule has 1 heterocycles. The lowest BCUT2D eigenvalue weighted by Gasteiger charge is -2.20. The largest absolute Gasteiger partial charge is 0.337 e. The minimum atomic E-state index is -0.208. The summed E-state index contributed by atoms with van der Waals surface area (Å²) in [5.74, 6) is 2.40. The zero-order chi connectivity index (χ0) is 14.4. The normalized spacial score (nSPS) is 30.8. The SMILES string of the molecule is CCn1cnc(NC(=O)NC[C@@H]2C[C@@H]3C=C[C@@H]2C32CC2)n1. The third kappa shape index (κ3) is 2.04. The van der Waals surface area contributed by atoms with Crippen LogP contribution >= 0.6 is 0 Å². The van der Waals surface area contributed by atoms with Crippen molar-refractivity contribution in [1.29, 1.82) is 0 Å². The van der Waals surface area contributed by atoms with E-state index in [1.54, 1.807) is 11.0 Å². The Morgan fingerprint density at radius 3 is 3.00 bits per heavy atom. The van der Waals surface area contributed by atoms with Crippen LogP contribution in [0.5, 0.6) is 0 Å². The molecule has 2 amide bonds. The van der Waals surface area contributed by atoms with E-state index in [1.807, 2.05) is 6.92 Å². The van der Waals surface area contributed by atoms with E-state index < -0.39 is 0 Å². The van der Waals surface area contributed by atoms with Crippen molar-refractivity contribution in [3.8, 4) is 0 Å². The summed E-state index contributed by atoms with van der Waals surface area (Å²) in [5, 5.41) is 9.81. The number of carbonyl (C=O) groups excluding carboxylic acids is 1. The Bertz CT molecular complexity index is 589. The van der Waals surface area contributed by atoms with Crippen LogP contribution in [0.1, 0.15) is 26.2 Å². The fourth-order valence-electron chi connectivity index (χ4n) is 4.23. The summed E-state index contributed by atoms with van der Waals surface area (Å²) < 4.78 is 1.69. The smallest absolute Gasteiger partial charge is 0.321 e. The van der Waals surface area contributed by atoms with Gasteiger partial charge in [0.1, 0.15) is 6.33 Å². The molecule has 3 aliphatic carbocycles. The van der Waals surface area contributed by atoms with Crippen LogP contribution in [0.4, 0.5) is 10.7 Å². The van der Waals surface area contributed by atoms with E-state index in [-0.39, 0.29) is 6.03 Å². The summed E-state index contributed by atoms with van der Waals surface area (Å²) >= 11 is 0. The molecule has 0 aromatic carbocycles. The summed E-state index contributed by atoms with van der Waals surface area (Å²) in [6.07, 6.45) is 10.4. The highest BCUT2D eigenvalue weighted by Gasteiger charge is 2.62. The molecular formula is C15H21N5O. The number of carbonyl (C=O) groups is 1. The molecule has 112 valence electrons. The standard InChI is InChI=1S/C15H21N5O/c1-2-20-9-17-13(19-20)18-14(21)16-8-10-7-11-3-4-12(10)15(11)5-6-15/h3-4,9-12H,2,5-8H2,1H3,(H2,16,18,19,21)/t10-,11-,12-/m0/s1. The molecule has 3 aliphatic rings. The van der Waals surface area contributed by atoms with Crippen molar-refractivity contribution < 1.29 is 4.79 Å². The molecule has 0 saturated heterocycles. The van der Waals surface area contributed by atoms with Crippen molar-refractivity contribution in [2.24, 2.45) is 23.2 Å². The van der Waals surface area contributed by atoms with Crippen molar-refractivity contribution in [2.45, 2.75) is 32.7 Å².